The predicted molar refractivity (Wildman–Crippen MR) is 92.6 cm³/mol. The van der Waals surface area contributed by atoms with Crippen molar-refractivity contribution >= 4 is 26.0 Å². The summed E-state index contributed by atoms with van der Waals surface area (Å²) in [5.41, 5.74) is 1.30. The summed E-state index contributed by atoms with van der Waals surface area (Å²) in [4.78, 5) is 0.235. The first-order valence-corrected chi connectivity index (χ1v) is 9.97. The summed E-state index contributed by atoms with van der Waals surface area (Å²) < 4.78 is 30.2. The first kappa shape index (κ1) is 16.7. The Kier molecular flexibility index (Phi) is 4.62. The molecule has 0 amide bonds. The van der Waals surface area contributed by atoms with Crippen LogP contribution >= 0.6 is 15.9 Å². The van der Waals surface area contributed by atoms with Gasteiger partial charge in [-0.2, -0.15) is 5.10 Å². The zero-order chi connectivity index (χ0) is 16.5. The van der Waals surface area contributed by atoms with Gasteiger partial charge in [0.15, 0.2) is 0 Å². The number of aromatic nitrogens is 2. The number of halogens is 1. The summed E-state index contributed by atoms with van der Waals surface area (Å²) in [5, 5.41) is 4.03. The summed E-state index contributed by atoms with van der Waals surface area (Å²) in [6.07, 6.45) is 5.98. The standard InChI is InChI=1S/C16H20BrN3O2S/c1-2-20-11-15(10-18-20)23(21,22)19-12-16(7-8-16)9-13-3-5-14(17)6-4-13/h3-6,10-11,19H,2,7-9,12H2,1H3. The Hall–Kier alpha value is -1.18. The molecular formula is C16H20BrN3O2S. The molecule has 7 heteroatoms. The molecule has 0 aliphatic heterocycles. The molecule has 1 aliphatic rings. The summed E-state index contributed by atoms with van der Waals surface area (Å²) in [7, 11) is -3.48. The van der Waals surface area contributed by atoms with Gasteiger partial charge in [0.2, 0.25) is 10.0 Å². The Labute approximate surface area is 145 Å². The Morgan fingerprint density at radius 1 is 1.30 bits per heavy atom. The number of nitrogens with zero attached hydrogens (tertiary/aromatic N) is 2. The maximum absolute atomic E-state index is 12.4. The van der Waals surface area contributed by atoms with Crippen LogP contribution in [0.1, 0.15) is 25.3 Å². The number of hydrogen-bond donors (Lipinski definition) is 1. The van der Waals surface area contributed by atoms with Gasteiger partial charge in [-0.3, -0.25) is 4.68 Å². The lowest BCUT2D eigenvalue weighted by atomic mass is 9.97. The van der Waals surface area contributed by atoms with Crippen molar-refractivity contribution in [1.82, 2.24) is 14.5 Å². The summed E-state index contributed by atoms with van der Waals surface area (Å²) in [5.74, 6) is 0. The first-order valence-electron chi connectivity index (χ1n) is 7.69. The van der Waals surface area contributed by atoms with E-state index >= 15 is 0 Å². The van der Waals surface area contributed by atoms with E-state index in [9.17, 15) is 8.42 Å². The lowest BCUT2D eigenvalue weighted by Crippen LogP contribution is -2.31. The average Bonchev–Trinajstić information content (AvgIpc) is 3.11. The third-order valence-electron chi connectivity index (χ3n) is 4.33. The van der Waals surface area contributed by atoms with Crippen LogP contribution in [-0.2, 0) is 23.0 Å². The molecule has 1 saturated carbocycles. The number of sulfonamides is 1. The molecule has 0 saturated heterocycles. The quantitative estimate of drug-likeness (QED) is 0.780. The van der Waals surface area contributed by atoms with Crippen molar-refractivity contribution in [3.63, 3.8) is 0 Å². The Balaban J connectivity index is 1.63. The molecule has 1 aromatic heterocycles. The molecule has 1 aromatic carbocycles. The number of rotatable bonds is 7. The predicted octanol–water partition coefficient (Wildman–Crippen LogP) is 2.97. The molecule has 0 unspecified atom stereocenters. The fourth-order valence-corrected chi connectivity index (χ4v) is 3.99. The molecule has 0 spiro atoms. The van der Waals surface area contributed by atoms with E-state index < -0.39 is 10.0 Å². The summed E-state index contributed by atoms with van der Waals surface area (Å²) in [6, 6.07) is 8.22. The van der Waals surface area contributed by atoms with E-state index in [4.69, 9.17) is 0 Å². The third-order valence-corrected chi connectivity index (χ3v) is 6.21. The van der Waals surface area contributed by atoms with E-state index in [2.05, 4.69) is 37.9 Å². The van der Waals surface area contributed by atoms with E-state index in [0.717, 1.165) is 23.7 Å². The Morgan fingerprint density at radius 2 is 2.00 bits per heavy atom. The molecule has 1 N–H and O–H groups in total. The minimum atomic E-state index is -3.48. The number of nitrogens with one attached hydrogen (secondary N) is 1. The molecule has 0 radical (unpaired) electrons. The van der Waals surface area contributed by atoms with Gasteiger partial charge in [0.05, 0.1) is 6.20 Å². The van der Waals surface area contributed by atoms with Crippen molar-refractivity contribution in [2.24, 2.45) is 5.41 Å². The SMILES string of the molecule is CCn1cc(S(=O)(=O)NCC2(Cc3ccc(Br)cc3)CC2)cn1. The van der Waals surface area contributed by atoms with E-state index in [1.54, 1.807) is 10.9 Å². The first-order chi connectivity index (χ1) is 10.9. The van der Waals surface area contributed by atoms with Crippen LogP contribution < -0.4 is 4.72 Å². The van der Waals surface area contributed by atoms with E-state index in [1.807, 2.05) is 19.1 Å². The lowest BCUT2D eigenvalue weighted by Gasteiger charge is -2.16. The fraction of sp³-hybridized carbons (Fsp3) is 0.438. The van der Waals surface area contributed by atoms with E-state index in [1.165, 1.54) is 11.8 Å². The van der Waals surface area contributed by atoms with Crippen molar-refractivity contribution in [2.45, 2.75) is 37.6 Å². The monoisotopic (exact) mass is 397 g/mol. The van der Waals surface area contributed by atoms with Gasteiger partial charge >= 0.3 is 0 Å². The minimum absolute atomic E-state index is 0.0572. The van der Waals surface area contributed by atoms with Crippen LogP contribution in [-0.4, -0.2) is 24.7 Å². The van der Waals surface area contributed by atoms with Gasteiger partial charge in [-0.05, 0) is 49.3 Å². The van der Waals surface area contributed by atoms with E-state index in [0.29, 0.717) is 13.1 Å². The average molecular weight is 398 g/mol. The highest BCUT2D eigenvalue weighted by Gasteiger charge is 2.43. The van der Waals surface area contributed by atoms with Crippen molar-refractivity contribution in [1.29, 1.82) is 0 Å². The number of aryl methyl sites for hydroxylation is 1. The molecule has 1 fully saturated rings. The Bertz CT molecular complexity index is 780. The molecule has 124 valence electrons. The van der Waals surface area contributed by atoms with Gasteiger partial charge in [0.1, 0.15) is 4.90 Å². The van der Waals surface area contributed by atoms with Crippen molar-refractivity contribution in [2.75, 3.05) is 6.54 Å². The Morgan fingerprint density at radius 3 is 2.57 bits per heavy atom. The largest absolute Gasteiger partial charge is 0.272 e. The molecule has 2 aromatic rings. The highest BCUT2D eigenvalue weighted by molar-refractivity contribution is 9.10. The normalized spacial score (nSPS) is 16.4. The van der Waals surface area contributed by atoms with Crippen LogP contribution in [0.15, 0.2) is 46.0 Å². The molecule has 0 atom stereocenters. The van der Waals surface area contributed by atoms with Crippen LogP contribution in [0.5, 0.6) is 0 Å². The van der Waals surface area contributed by atoms with Crippen LogP contribution in [0.2, 0.25) is 0 Å². The number of hydrogen-bond acceptors (Lipinski definition) is 3. The molecular weight excluding hydrogens is 378 g/mol. The highest BCUT2D eigenvalue weighted by atomic mass is 79.9. The maximum Gasteiger partial charge on any atom is 0.243 e. The zero-order valence-corrected chi connectivity index (χ0v) is 15.4. The number of benzene rings is 1. The smallest absolute Gasteiger partial charge is 0.243 e. The second-order valence-corrected chi connectivity index (χ2v) is 8.84. The zero-order valence-electron chi connectivity index (χ0n) is 13.0. The molecule has 1 aliphatic carbocycles. The van der Waals surface area contributed by atoms with Gasteiger partial charge in [-0.25, -0.2) is 13.1 Å². The van der Waals surface area contributed by atoms with Gasteiger partial charge < -0.3 is 0 Å². The van der Waals surface area contributed by atoms with Crippen LogP contribution in [0, 0.1) is 5.41 Å². The lowest BCUT2D eigenvalue weighted by molar-refractivity contribution is 0.488. The minimum Gasteiger partial charge on any atom is -0.272 e. The van der Waals surface area contributed by atoms with E-state index in [-0.39, 0.29) is 10.3 Å². The summed E-state index contributed by atoms with van der Waals surface area (Å²) in [6.45, 7) is 3.06. The topological polar surface area (TPSA) is 64.0 Å². The maximum atomic E-state index is 12.4. The van der Waals surface area contributed by atoms with Gasteiger partial charge in [0.25, 0.3) is 0 Å². The van der Waals surface area contributed by atoms with Crippen LogP contribution in [0.4, 0.5) is 0 Å². The molecule has 1 heterocycles. The summed E-state index contributed by atoms with van der Waals surface area (Å²) >= 11 is 3.43. The molecule has 0 bridgehead atoms. The second-order valence-electron chi connectivity index (χ2n) is 6.16. The third kappa shape index (κ3) is 4.02. The van der Waals surface area contributed by atoms with Crippen LogP contribution in [0.25, 0.3) is 0 Å². The second kappa shape index (κ2) is 6.37. The molecule has 3 rings (SSSR count). The highest BCUT2D eigenvalue weighted by Crippen LogP contribution is 2.48. The molecule has 5 nitrogen and oxygen atoms in total. The van der Waals surface area contributed by atoms with Crippen molar-refractivity contribution in [3.05, 3.63) is 46.7 Å². The van der Waals surface area contributed by atoms with Gasteiger partial charge in [0, 0.05) is 23.8 Å². The van der Waals surface area contributed by atoms with Gasteiger partial charge in [-0.1, -0.05) is 28.1 Å². The van der Waals surface area contributed by atoms with Crippen LogP contribution in [0.3, 0.4) is 0 Å². The van der Waals surface area contributed by atoms with Crippen molar-refractivity contribution in [3.8, 4) is 0 Å². The molecule has 23 heavy (non-hydrogen) atoms. The fourth-order valence-electron chi connectivity index (χ4n) is 2.62. The van der Waals surface area contributed by atoms with Crippen molar-refractivity contribution < 1.29 is 8.42 Å². The van der Waals surface area contributed by atoms with Gasteiger partial charge in [-0.15, -0.1) is 0 Å².